The van der Waals surface area contributed by atoms with E-state index in [1.54, 1.807) is 12.1 Å². The summed E-state index contributed by atoms with van der Waals surface area (Å²) in [6.45, 7) is 1.50. The monoisotopic (exact) mass is 285 g/mol. The molecule has 0 aliphatic carbocycles. The highest BCUT2D eigenvalue weighted by Gasteiger charge is 2.17. The summed E-state index contributed by atoms with van der Waals surface area (Å²) in [6.07, 6.45) is 1.88. The first kappa shape index (κ1) is 14.1. The SMILES string of the molecule is CNS(=O)(=O)c1ccc(NC2CCOCC2)cc1N. The summed E-state index contributed by atoms with van der Waals surface area (Å²) in [5.74, 6) is 0. The zero-order valence-corrected chi connectivity index (χ0v) is 11.7. The summed E-state index contributed by atoms with van der Waals surface area (Å²) in [5, 5.41) is 3.34. The second-order valence-electron chi connectivity index (χ2n) is 4.49. The Morgan fingerprint density at radius 3 is 2.58 bits per heavy atom. The van der Waals surface area contributed by atoms with Crippen LogP contribution in [0.2, 0.25) is 0 Å². The number of hydrogen-bond donors (Lipinski definition) is 3. The van der Waals surface area contributed by atoms with E-state index in [1.807, 2.05) is 0 Å². The van der Waals surface area contributed by atoms with Gasteiger partial charge in [0.25, 0.3) is 0 Å². The number of benzene rings is 1. The molecule has 1 aliphatic heterocycles. The fourth-order valence-corrected chi connectivity index (χ4v) is 2.91. The largest absolute Gasteiger partial charge is 0.398 e. The molecule has 4 N–H and O–H groups in total. The van der Waals surface area contributed by atoms with Gasteiger partial charge in [0.15, 0.2) is 0 Å². The van der Waals surface area contributed by atoms with E-state index >= 15 is 0 Å². The quantitative estimate of drug-likeness (QED) is 0.710. The molecule has 0 unspecified atom stereocenters. The van der Waals surface area contributed by atoms with Gasteiger partial charge in [-0.15, -0.1) is 0 Å². The smallest absolute Gasteiger partial charge is 0.242 e. The third kappa shape index (κ3) is 3.37. The van der Waals surface area contributed by atoms with Gasteiger partial charge in [-0.05, 0) is 38.1 Å². The Labute approximate surface area is 113 Å². The number of rotatable bonds is 4. The molecule has 6 nitrogen and oxygen atoms in total. The van der Waals surface area contributed by atoms with E-state index in [0.717, 1.165) is 31.7 Å². The van der Waals surface area contributed by atoms with Gasteiger partial charge in [-0.3, -0.25) is 0 Å². The van der Waals surface area contributed by atoms with E-state index in [2.05, 4.69) is 10.0 Å². The van der Waals surface area contributed by atoms with Crippen molar-refractivity contribution in [3.8, 4) is 0 Å². The van der Waals surface area contributed by atoms with Gasteiger partial charge in [-0.2, -0.15) is 0 Å². The number of ether oxygens (including phenoxy) is 1. The maximum absolute atomic E-state index is 11.7. The molecule has 0 bridgehead atoms. The molecule has 0 radical (unpaired) electrons. The van der Waals surface area contributed by atoms with E-state index in [1.165, 1.54) is 13.1 Å². The Morgan fingerprint density at radius 1 is 1.32 bits per heavy atom. The zero-order valence-electron chi connectivity index (χ0n) is 10.8. The fourth-order valence-electron chi connectivity index (χ4n) is 2.07. The van der Waals surface area contributed by atoms with Crippen LogP contribution < -0.4 is 15.8 Å². The van der Waals surface area contributed by atoms with E-state index in [0.29, 0.717) is 6.04 Å². The van der Waals surface area contributed by atoms with E-state index in [4.69, 9.17) is 10.5 Å². The maximum Gasteiger partial charge on any atom is 0.242 e. The van der Waals surface area contributed by atoms with Crippen LogP contribution in [0.15, 0.2) is 23.1 Å². The van der Waals surface area contributed by atoms with Crippen LogP contribution >= 0.6 is 0 Å². The van der Waals surface area contributed by atoms with Crippen LogP contribution in [0.1, 0.15) is 12.8 Å². The minimum absolute atomic E-state index is 0.104. The molecule has 1 aromatic rings. The van der Waals surface area contributed by atoms with Crippen LogP contribution in [0, 0.1) is 0 Å². The first-order valence-corrected chi connectivity index (χ1v) is 7.68. The van der Waals surface area contributed by atoms with Gasteiger partial charge < -0.3 is 15.8 Å². The fraction of sp³-hybridized carbons (Fsp3) is 0.500. The number of nitrogens with two attached hydrogens (primary N) is 1. The van der Waals surface area contributed by atoms with Gasteiger partial charge in [-0.1, -0.05) is 0 Å². The Hall–Kier alpha value is -1.31. The van der Waals surface area contributed by atoms with E-state index in [-0.39, 0.29) is 10.6 Å². The van der Waals surface area contributed by atoms with E-state index in [9.17, 15) is 8.42 Å². The Balaban J connectivity index is 2.14. The Morgan fingerprint density at radius 2 is 2.00 bits per heavy atom. The lowest BCUT2D eigenvalue weighted by Gasteiger charge is -2.24. The van der Waals surface area contributed by atoms with Crippen molar-refractivity contribution in [1.29, 1.82) is 0 Å². The summed E-state index contributed by atoms with van der Waals surface area (Å²) < 4.78 is 30.9. The van der Waals surface area contributed by atoms with Crippen LogP contribution in [0.5, 0.6) is 0 Å². The second-order valence-corrected chi connectivity index (χ2v) is 6.35. The van der Waals surface area contributed by atoms with Crippen molar-refractivity contribution >= 4 is 21.4 Å². The molecule has 0 amide bonds. The van der Waals surface area contributed by atoms with Crippen LogP contribution in [0.3, 0.4) is 0 Å². The minimum Gasteiger partial charge on any atom is -0.398 e. The second kappa shape index (κ2) is 5.77. The highest BCUT2D eigenvalue weighted by atomic mass is 32.2. The molecular weight excluding hydrogens is 266 g/mol. The summed E-state index contributed by atoms with van der Waals surface area (Å²) in [7, 11) is -2.14. The number of hydrogen-bond acceptors (Lipinski definition) is 5. The van der Waals surface area contributed by atoms with Crippen molar-refractivity contribution in [2.75, 3.05) is 31.3 Å². The Kier molecular flexibility index (Phi) is 4.28. The average Bonchev–Trinajstić information content (AvgIpc) is 2.39. The summed E-state index contributed by atoms with van der Waals surface area (Å²) >= 11 is 0. The summed E-state index contributed by atoms with van der Waals surface area (Å²) in [4.78, 5) is 0.104. The maximum atomic E-state index is 11.7. The van der Waals surface area contributed by atoms with Crippen molar-refractivity contribution in [3.05, 3.63) is 18.2 Å². The standard InChI is InChI=1S/C12H19N3O3S/c1-14-19(16,17)12-3-2-10(8-11(12)13)15-9-4-6-18-7-5-9/h2-3,8-9,14-15H,4-7,13H2,1H3. The van der Waals surface area contributed by atoms with Crippen LogP contribution in [-0.4, -0.2) is 34.7 Å². The minimum atomic E-state index is -3.50. The van der Waals surface area contributed by atoms with Crippen molar-refractivity contribution in [3.63, 3.8) is 0 Å². The van der Waals surface area contributed by atoms with Crippen molar-refractivity contribution < 1.29 is 13.2 Å². The topological polar surface area (TPSA) is 93.5 Å². The molecule has 106 valence electrons. The summed E-state index contributed by atoms with van der Waals surface area (Å²) in [6, 6.07) is 5.25. The van der Waals surface area contributed by atoms with Crippen molar-refractivity contribution in [2.45, 2.75) is 23.8 Å². The molecule has 0 atom stereocenters. The zero-order chi connectivity index (χ0) is 13.9. The third-order valence-electron chi connectivity index (χ3n) is 3.16. The predicted octanol–water partition coefficient (Wildman–Crippen LogP) is 0.768. The van der Waals surface area contributed by atoms with E-state index < -0.39 is 10.0 Å². The third-order valence-corrected chi connectivity index (χ3v) is 4.65. The molecule has 0 aromatic heterocycles. The number of sulfonamides is 1. The highest BCUT2D eigenvalue weighted by Crippen LogP contribution is 2.23. The molecule has 2 rings (SSSR count). The lowest BCUT2D eigenvalue weighted by Crippen LogP contribution is -2.28. The first-order chi connectivity index (χ1) is 9.03. The number of nitrogens with one attached hydrogen (secondary N) is 2. The molecule has 7 heteroatoms. The van der Waals surface area contributed by atoms with Crippen LogP contribution in [0.25, 0.3) is 0 Å². The van der Waals surface area contributed by atoms with Crippen molar-refractivity contribution in [2.24, 2.45) is 0 Å². The van der Waals surface area contributed by atoms with Gasteiger partial charge in [0.1, 0.15) is 4.90 Å². The molecule has 1 heterocycles. The molecular formula is C12H19N3O3S. The van der Waals surface area contributed by atoms with Gasteiger partial charge >= 0.3 is 0 Å². The average molecular weight is 285 g/mol. The van der Waals surface area contributed by atoms with Gasteiger partial charge in [0, 0.05) is 24.9 Å². The van der Waals surface area contributed by atoms with Gasteiger partial charge in [-0.25, -0.2) is 13.1 Å². The van der Waals surface area contributed by atoms with Gasteiger partial charge in [0.2, 0.25) is 10.0 Å². The lowest BCUT2D eigenvalue weighted by molar-refractivity contribution is 0.0904. The molecule has 0 saturated carbocycles. The first-order valence-electron chi connectivity index (χ1n) is 6.20. The molecule has 1 fully saturated rings. The number of anilines is 2. The van der Waals surface area contributed by atoms with Crippen LogP contribution in [0.4, 0.5) is 11.4 Å². The van der Waals surface area contributed by atoms with Crippen molar-refractivity contribution in [1.82, 2.24) is 4.72 Å². The summed E-state index contributed by atoms with van der Waals surface area (Å²) in [5.41, 5.74) is 6.88. The molecule has 1 aromatic carbocycles. The lowest BCUT2D eigenvalue weighted by atomic mass is 10.1. The van der Waals surface area contributed by atoms with Gasteiger partial charge in [0.05, 0.1) is 5.69 Å². The molecule has 1 saturated heterocycles. The normalized spacial score (nSPS) is 17.3. The molecule has 1 aliphatic rings. The molecule has 19 heavy (non-hydrogen) atoms. The number of nitrogen functional groups attached to an aromatic ring is 1. The Bertz CT molecular complexity index is 539. The predicted molar refractivity (Wildman–Crippen MR) is 74.6 cm³/mol. The molecule has 0 spiro atoms. The van der Waals surface area contributed by atoms with Crippen LogP contribution in [-0.2, 0) is 14.8 Å². The highest BCUT2D eigenvalue weighted by molar-refractivity contribution is 7.89.